The molecule has 1 heterocycles. The summed E-state index contributed by atoms with van der Waals surface area (Å²) < 4.78 is 5.75. The number of hydrogen-bond acceptors (Lipinski definition) is 5. The van der Waals surface area contributed by atoms with Crippen molar-refractivity contribution in [1.29, 1.82) is 0 Å². The predicted molar refractivity (Wildman–Crippen MR) is 106 cm³/mol. The molecule has 6 nitrogen and oxygen atoms in total. The van der Waals surface area contributed by atoms with Gasteiger partial charge in [-0.1, -0.05) is 41.4 Å². The Labute approximate surface area is 167 Å². The van der Waals surface area contributed by atoms with Gasteiger partial charge in [-0.05, 0) is 44.3 Å². The van der Waals surface area contributed by atoms with Crippen LogP contribution in [-0.4, -0.2) is 34.6 Å². The largest absolute Gasteiger partial charge is 0.419 e. The zero-order valence-corrected chi connectivity index (χ0v) is 16.3. The normalized spacial score (nSPS) is 12.2. The number of rotatable bonds is 6. The first-order chi connectivity index (χ1) is 12.9. The van der Waals surface area contributed by atoms with Gasteiger partial charge < -0.3 is 9.73 Å². The van der Waals surface area contributed by atoms with Gasteiger partial charge >= 0.3 is 0 Å². The van der Waals surface area contributed by atoms with Crippen LogP contribution in [0.1, 0.15) is 18.9 Å². The summed E-state index contributed by atoms with van der Waals surface area (Å²) in [6.45, 7) is 2.03. The van der Waals surface area contributed by atoms with Gasteiger partial charge in [-0.3, -0.25) is 9.69 Å². The molecule has 140 valence electrons. The van der Waals surface area contributed by atoms with Crippen LogP contribution in [0.4, 0.5) is 5.69 Å². The van der Waals surface area contributed by atoms with Crippen molar-refractivity contribution in [3.05, 3.63) is 64.5 Å². The third-order valence-corrected chi connectivity index (χ3v) is 4.64. The molecular formula is C19H18Cl2N4O2. The van der Waals surface area contributed by atoms with Crippen molar-refractivity contribution in [3.63, 3.8) is 0 Å². The summed E-state index contributed by atoms with van der Waals surface area (Å²) in [6.07, 6.45) is 0. The fraction of sp³-hybridized carbons (Fsp3) is 0.211. The molecule has 27 heavy (non-hydrogen) atoms. The molecule has 0 saturated heterocycles. The van der Waals surface area contributed by atoms with Crippen molar-refractivity contribution < 1.29 is 9.21 Å². The van der Waals surface area contributed by atoms with E-state index in [0.29, 0.717) is 27.5 Å². The van der Waals surface area contributed by atoms with Gasteiger partial charge in [-0.15, -0.1) is 10.2 Å². The molecule has 0 unspecified atom stereocenters. The van der Waals surface area contributed by atoms with Crippen molar-refractivity contribution >= 4 is 34.8 Å². The molecule has 0 saturated carbocycles. The number of carbonyl (C=O) groups is 1. The molecule has 3 rings (SSSR count). The summed E-state index contributed by atoms with van der Waals surface area (Å²) in [5, 5.41) is 12.0. The molecule has 0 radical (unpaired) electrons. The molecule has 1 N–H and O–H groups in total. The number of para-hydroxylation sites is 1. The Balaban J connectivity index is 1.64. The van der Waals surface area contributed by atoms with Gasteiger partial charge in [0.15, 0.2) is 0 Å². The molecule has 1 amide bonds. The SMILES string of the molecule is C[C@H](c1nnc(-c2cccc(Cl)c2)o1)N(C)CC(=O)Nc1ccccc1Cl. The Morgan fingerprint density at radius 1 is 1.19 bits per heavy atom. The summed E-state index contributed by atoms with van der Waals surface area (Å²) in [4.78, 5) is 14.1. The van der Waals surface area contributed by atoms with Crippen LogP contribution in [0.2, 0.25) is 10.0 Å². The Morgan fingerprint density at radius 3 is 2.70 bits per heavy atom. The standard InChI is InChI=1S/C19H18Cl2N4O2/c1-12(18-23-24-19(27-18)13-6-5-7-14(20)10-13)25(2)11-17(26)22-16-9-4-3-8-15(16)21/h3-10,12H,11H2,1-2H3,(H,22,26)/t12-/m1/s1. The van der Waals surface area contributed by atoms with Gasteiger partial charge in [-0.25, -0.2) is 0 Å². The van der Waals surface area contributed by atoms with Crippen LogP contribution >= 0.6 is 23.2 Å². The minimum absolute atomic E-state index is 0.140. The minimum atomic E-state index is -0.248. The lowest BCUT2D eigenvalue weighted by Crippen LogP contribution is -2.32. The number of aromatic nitrogens is 2. The fourth-order valence-corrected chi connectivity index (χ4v) is 2.82. The lowest BCUT2D eigenvalue weighted by atomic mass is 10.2. The number of likely N-dealkylation sites (N-methyl/N-ethyl adjacent to an activating group) is 1. The van der Waals surface area contributed by atoms with Gasteiger partial charge in [0, 0.05) is 10.6 Å². The van der Waals surface area contributed by atoms with E-state index in [9.17, 15) is 4.79 Å². The summed E-state index contributed by atoms with van der Waals surface area (Å²) in [5.41, 5.74) is 1.32. The highest BCUT2D eigenvalue weighted by atomic mass is 35.5. The molecule has 3 aromatic rings. The van der Waals surface area contributed by atoms with Gasteiger partial charge in [0.25, 0.3) is 0 Å². The van der Waals surface area contributed by atoms with Gasteiger partial charge in [-0.2, -0.15) is 0 Å². The van der Waals surface area contributed by atoms with Crippen LogP contribution in [-0.2, 0) is 4.79 Å². The molecule has 0 aliphatic carbocycles. The number of carbonyl (C=O) groups excluding carboxylic acids is 1. The zero-order valence-electron chi connectivity index (χ0n) is 14.8. The van der Waals surface area contributed by atoms with Crippen molar-refractivity contribution in [3.8, 4) is 11.5 Å². The number of amides is 1. The second kappa shape index (κ2) is 8.52. The second-order valence-electron chi connectivity index (χ2n) is 6.07. The van der Waals surface area contributed by atoms with E-state index in [1.807, 2.05) is 25.1 Å². The third-order valence-electron chi connectivity index (χ3n) is 4.07. The molecule has 0 aliphatic rings. The number of benzene rings is 2. The van der Waals surface area contributed by atoms with Crippen LogP contribution in [0.15, 0.2) is 52.9 Å². The average molecular weight is 405 g/mol. The molecule has 0 aliphatic heterocycles. The number of halogens is 2. The Kier molecular flexibility index (Phi) is 6.11. The molecule has 2 aromatic carbocycles. The monoisotopic (exact) mass is 404 g/mol. The number of anilines is 1. The Bertz CT molecular complexity index is 945. The maximum absolute atomic E-state index is 12.3. The van der Waals surface area contributed by atoms with E-state index in [1.165, 1.54) is 0 Å². The Morgan fingerprint density at radius 2 is 1.96 bits per heavy atom. The molecule has 1 aromatic heterocycles. The maximum Gasteiger partial charge on any atom is 0.247 e. The van der Waals surface area contributed by atoms with Crippen LogP contribution < -0.4 is 5.32 Å². The Hall–Kier alpha value is -2.41. The van der Waals surface area contributed by atoms with Gasteiger partial charge in [0.1, 0.15) is 0 Å². The lowest BCUT2D eigenvalue weighted by molar-refractivity contribution is -0.117. The highest BCUT2D eigenvalue weighted by Crippen LogP contribution is 2.25. The fourth-order valence-electron chi connectivity index (χ4n) is 2.45. The molecule has 0 spiro atoms. The minimum Gasteiger partial charge on any atom is -0.419 e. The zero-order chi connectivity index (χ0) is 19.4. The summed E-state index contributed by atoms with van der Waals surface area (Å²) in [6, 6.07) is 14.0. The first kappa shape index (κ1) is 19.4. The molecule has 1 atom stereocenters. The van der Waals surface area contributed by atoms with E-state index in [-0.39, 0.29) is 18.5 Å². The average Bonchev–Trinajstić information content (AvgIpc) is 3.13. The lowest BCUT2D eigenvalue weighted by Gasteiger charge is -2.21. The second-order valence-corrected chi connectivity index (χ2v) is 6.92. The van der Waals surface area contributed by atoms with E-state index in [2.05, 4.69) is 15.5 Å². The van der Waals surface area contributed by atoms with E-state index >= 15 is 0 Å². The number of nitrogens with one attached hydrogen (secondary N) is 1. The van der Waals surface area contributed by atoms with Crippen LogP contribution in [0.5, 0.6) is 0 Å². The summed E-state index contributed by atoms with van der Waals surface area (Å²) >= 11 is 12.1. The van der Waals surface area contributed by atoms with Crippen molar-refractivity contribution in [1.82, 2.24) is 15.1 Å². The smallest absolute Gasteiger partial charge is 0.247 e. The van der Waals surface area contributed by atoms with Gasteiger partial charge in [0.05, 0.1) is 23.3 Å². The maximum atomic E-state index is 12.3. The van der Waals surface area contributed by atoms with Gasteiger partial charge in [0.2, 0.25) is 17.7 Å². The van der Waals surface area contributed by atoms with E-state index in [4.69, 9.17) is 27.6 Å². The summed E-state index contributed by atoms with van der Waals surface area (Å²) in [7, 11) is 1.81. The topological polar surface area (TPSA) is 71.3 Å². The number of nitrogens with zero attached hydrogens (tertiary/aromatic N) is 3. The van der Waals surface area contributed by atoms with Crippen LogP contribution in [0.25, 0.3) is 11.5 Å². The first-order valence-electron chi connectivity index (χ1n) is 8.28. The van der Waals surface area contributed by atoms with Crippen molar-refractivity contribution in [2.45, 2.75) is 13.0 Å². The quantitative estimate of drug-likeness (QED) is 0.645. The van der Waals surface area contributed by atoms with E-state index in [1.54, 1.807) is 42.3 Å². The summed E-state index contributed by atoms with van der Waals surface area (Å²) in [5.74, 6) is 0.610. The van der Waals surface area contributed by atoms with Crippen LogP contribution in [0.3, 0.4) is 0 Å². The highest BCUT2D eigenvalue weighted by molar-refractivity contribution is 6.33. The molecule has 0 fully saturated rings. The van der Waals surface area contributed by atoms with E-state index in [0.717, 1.165) is 5.56 Å². The van der Waals surface area contributed by atoms with Crippen molar-refractivity contribution in [2.24, 2.45) is 0 Å². The number of hydrogen-bond donors (Lipinski definition) is 1. The molecule has 8 heteroatoms. The van der Waals surface area contributed by atoms with Crippen molar-refractivity contribution in [2.75, 3.05) is 18.9 Å². The predicted octanol–water partition coefficient (Wildman–Crippen LogP) is 4.67. The first-order valence-corrected chi connectivity index (χ1v) is 9.03. The highest BCUT2D eigenvalue weighted by Gasteiger charge is 2.21. The molecular weight excluding hydrogens is 387 g/mol. The van der Waals surface area contributed by atoms with E-state index < -0.39 is 0 Å². The van der Waals surface area contributed by atoms with Crippen LogP contribution in [0, 0.1) is 0 Å². The third kappa shape index (κ3) is 4.86. The molecule has 0 bridgehead atoms.